The van der Waals surface area contributed by atoms with Crippen molar-refractivity contribution < 1.29 is 9.90 Å². The standard InChI is InChI=1S/C23H17ClN4O2/c24-14-9-10-20(29)18(13-14)25-21(30)11-12-28-19-8-4-1-5-15(19)22-23(28)27-17-7-3-2-6-16(17)26-22/h1-10,13,29H,11-12H2,(H,25,30). The summed E-state index contributed by atoms with van der Waals surface area (Å²) in [6, 6.07) is 20.2. The second kappa shape index (κ2) is 7.31. The number of aromatic hydroxyl groups is 1. The number of nitrogens with zero attached hydrogens (tertiary/aromatic N) is 3. The van der Waals surface area contributed by atoms with Crippen molar-refractivity contribution in [3.8, 4) is 5.75 Å². The molecule has 2 aromatic heterocycles. The van der Waals surface area contributed by atoms with Crippen LogP contribution in [0, 0.1) is 0 Å². The van der Waals surface area contributed by atoms with Crippen molar-refractivity contribution in [1.82, 2.24) is 14.5 Å². The average Bonchev–Trinajstić information content (AvgIpc) is 3.06. The van der Waals surface area contributed by atoms with Crippen LogP contribution in [0.5, 0.6) is 5.75 Å². The van der Waals surface area contributed by atoms with Crippen LogP contribution in [-0.2, 0) is 11.3 Å². The molecule has 0 aliphatic rings. The van der Waals surface area contributed by atoms with Crippen molar-refractivity contribution in [3.63, 3.8) is 0 Å². The van der Waals surface area contributed by atoms with Gasteiger partial charge < -0.3 is 15.0 Å². The van der Waals surface area contributed by atoms with Gasteiger partial charge in [0.25, 0.3) is 0 Å². The lowest BCUT2D eigenvalue weighted by molar-refractivity contribution is -0.116. The number of nitrogens with one attached hydrogen (secondary N) is 1. The fourth-order valence-corrected chi connectivity index (χ4v) is 3.82. The molecule has 3 aromatic carbocycles. The van der Waals surface area contributed by atoms with Crippen LogP contribution in [0.25, 0.3) is 33.1 Å². The Morgan fingerprint density at radius 3 is 2.57 bits per heavy atom. The number of rotatable bonds is 4. The van der Waals surface area contributed by atoms with Crippen molar-refractivity contribution in [2.45, 2.75) is 13.0 Å². The molecule has 30 heavy (non-hydrogen) atoms. The van der Waals surface area contributed by atoms with Gasteiger partial charge in [0, 0.05) is 23.4 Å². The first-order valence-electron chi connectivity index (χ1n) is 9.52. The molecule has 0 unspecified atom stereocenters. The number of carbonyl (C=O) groups is 1. The van der Waals surface area contributed by atoms with E-state index in [9.17, 15) is 9.90 Å². The summed E-state index contributed by atoms with van der Waals surface area (Å²) in [6.45, 7) is 0.421. The number of benzene rings is 3. The van der Waals surface area contributed by atoms with Crippen LogP contribution >= 0.6 is 11.6 Å². The Kier molecular flexibility index (Phi) is 4.48. The van der Waals surface area contributed by atoms with Crippen molar-refractivity contribution >= 4 is 56.3 Å². The van der Waals surface area contributed by atoms with E-state index >= 15 is 0 Å². The van der Waals surface area contributed by atoms with Gasteiger partial charge in [0.1, 0.15) is 11.3 Å². The molecule has 0 atom stereocenters. The zero-order chi connectivity index (χ0) is 20.7. The number of phenols is 1. The second-order valence-corrected chi connectivity index (χ2v) is 7.45. The summed E-state index contributed by atoms with van der Waals surface area (Å²) in [4.78, 5) is 22.2. The number of hydrogen-bond acceptors (Lipinski definition) is 4. The molecule has 0 radical (unpaired) electrons. The number of aryl methyl sites for hydroxylation is 1. The summed E-state index contributed by atoms with van der Waals surface area (Å²) < 4.78 is 2.02. The number of amides is 1. The van der Waals surface area contributed by atoms with E-state index in [1.54, 1.807) is 6.07 Å². The third-order valence-electron chi connectivity index (χ3n) is 5.05. The molecule has 0 aliphatic heterocycles. The van der Waals surface area contributed by atoms with Gasteiger partial charge in [0.15, 0.2) is 5.65 Å². The molecule has 2 N–H and O–H groups in total. The molecule has 2 heterocycles. The van der Waals surface area contributed by atoms with Gasteiger partial charge in [-0.25, -0.2) is 9.97 Å². The van der Waals surface area contributed by atoms with E-state index in [2.05, 4.69) is 5.32 Å². The average molecular weight is 417 g/mol. The first kappa shape index (κ1) is 18.4. The van der Waals surface area contributed by atoms with E-state index in [1.807, 2.05) is 53.1 Å². The first-order valence-corrected chi connectivity index (χ1v) is 9.90. The molecular formula is C23H17ClN4O2. The molecule has 0 fully saturated rings. The third kappa shape index (κ3) is 3.21. The number of hydrogen-bond donors (Lipinski definition) is 2. The minimum atomic E-state index is -0.229. The van der Waals surface area contributed by atoms with Gasteiger partial charge in [-0.15, -0.1) is 0 Å². The van der Waals surface area contributed by atoms with E-state index in [0.29, 0.717) is 17.3 Å². The maximum atomic E-state index is 12.5. The van der Waals surface area contributed by atoms with Gasteiger partial charge in [0.2, 0.25) is 5.91 Å². The Labute approximate surface area is 176 Å². The molecule has 5 rings (SSSR count). The van der Waals surface area contributed by atoms with Crippen LogP contribution in [0.3, 0.4) is 0 Å². The van der Waals surface area contributed by atoms with Crippen LogP contribution in [0.4, 0.5) is 5.69 Å². The minimum Gasteiger partial charge on any atom is -0.506 e. The van der Waals surface area contributed by atoms with E-state index < -0.39 is 0 Å². The lowest BCUT2D eigenvalue weighted by Gasteiger charge is -2.09. The highest BCUT2D eigenvalue weighted by atomic mass is 35.5. The Balaban J connectivity index is 1.51. The SMILES string of the molecule is O=C(CCn1c2ccccc2c2nc3ccccc3nc21)Nc1cc(Cl)ccc1O. The van der Waals surface area contributed by atoms with Gasteiger partial charge in [-0.1, -0.05) is 41.9 Å². The number of phenolic OH excluding ortho intramolecular Hbond substituents is 1. The highest BCUT2D eigenvalue weighted by Gasteiger charge is 2.15. The number of para-hydroxylation sites is 3. The van der Waals surface area contributed by atoms with Crippen LogP contribution < -0.4 is 5.32 Å². The molecule has 6 nitrogen and oxygen atoms in total. The number of halogens is 1. The van der Waals surface area contributed by atoms with E-state index in [4.69, 9.17) is 21.6 Å². The Hall–Kier alpha value is -3.64. The monoisotopic (exact) mass is 416 g/mol. The second-order valence-electron chi connectivity index (χ2n) is 7.01. The highest BCUT2D eigenvalue weighted by Crippen LogP contribution is 2.29. The molecule has 5 aromatic rings. The maximum Gasteiger partial charge on any atom is 0.226 e. The zero-order valence-electron chi connectivity index (χ0n) is 15.8. The number of fused-ring (bicyclic) bond motifs is 4. The Morgan fingerprint density at radius 1 is 1.00 bits per heavy atom. The minimum absolute atomic E-state index is 0.0260. The smallest absolute Gasteiger partial charge is 0.226 e. The van der Waals surface area contributed by atoms with Crippen molar-refractivity contribution in [2.24, 2.45) is 0 Å². The van der Waals surface area contributed by atoms with Crippen LogP contribution in [-0.4, -0.2) is 25.5 Å². The maximum absolute atomic E-state index is 12.5. The number of aromatic nitrogens is 3. The summed E-state index contributed by atoms with van der Waals surface area (Å²) >= 11 is 5.96. The highest BCUT2D eigenvalue weighted by molar-refractivity contribution is 6.31. The van der Waals surface area contributed by atoms with Crippen molar-refractivity contribution in [2.75, 3.05) is 5.32 Å². The van der Waals surface area contributed by atoms with E-state index in [0.717, 1.165) is 33.1 Å². The fourth-order valence-electron chi connectivity index (χ4n) is 3.64. The summed E-state index contributed by atoms with van der Waals surface area (Å²) in [5.74, 6) is -0.255. The van der Waals surface area contributed by atoms with E-state index in [-0.39, 0.29) is 18.1 Å². The van der Waals surface area contributed by atoms with Gasteiger partial charge in [-0.3, -0.25) is 4.79 Å². The van der Waals surface area contributed by atoms with Crippen LogP contribution in [0.1, 0.15) is 6.42 Å². The summed E-state index contributed by atoms with van der Waals surface area (Å²) in [5.41, 5.74) is 4.47. The van der Waals surface area contributed by atoms with Gasteiger partial charge in [-0.05, 0) is 36.4 Å². The topological polar surface area (TPSA) is 80.0 Å². The molecule has 1 amide bonds. The number of carbonyl (C=O) groups excluding carboxylic acids is 1. The molecule has 0 bridgehead atoms. The quantitative estimate of drug-likeness (QED) is 0.398. The van der Waals surface area contributed by atoms with Gasteiger partial charge >= 0.3 is 0 Å². The Morgan fingerprint density at radius 2 is 1.73 bits per heavy atom. The Bertz CT molecular complexity index is 1430. The van der Waals surface area contributed by atoms with Gasteiger partial charge in [0.05, 0.1) is 22.2 Å². The van der Waals surface area contributed by atoms with Gasteiger partial charge in [-0.2, -0.15) is 0 Å². The lowest BCUT2D eigenvalue weighted by Crippen LogP contribution is -2.14. The molecule has 148 valence electrons. The fraction of sp³-hybridized carbons (Fsp3) is 0.0870. The van der Waals surface area contributed by atoms with E-state index in [1.165, 1.54) is 12.1 Å². The van der Waals surface area contributed by atoms with Crippen LogP contribution in [0.2, 0.25) is 5.02 Å². The summed E-state index contributed by atoms with van der Waals surface area (Å²) in [5, 5.41) is 14.1. The largest absolute Gasteiger partial charge is 0.506 e. The normalized spacial score (nSPS) is 11.4. The predicted molar refractivity (Wildman–Crippen MR) is 119 cm³/mol. The zero-order valence-corrected chi connectivity index (χ0v) is 16.6. The van der Waals surface area contributed by atoms with Crippen molar-refractivity contribution in [3.05, 3.63) is 71.8 Å². The van der Waals surface area contributed by atoms with Crippen LogP contribution in [0.15, 0.2) is 66.7 Å². The number of anilines is 1. The lowest BCUT2D eigenvalue weighted by atomic mass is 10.2. The molecule has 0 spiro atoms. The predicted octanol–water partition coefficient (Wildman–Crippen LogP) is 5.13. The summed E-state index contributed by atoms with van der Waals surface area (Å²) in [7, 11) is 0. The van der Waals surface area contributed by atoms with Crippen molar-refractivity contribution in [1.29, 1.82) is 0 Å². The first-order chi connectivity index (χ1) is 14.6. The molecule has 0 saturated carbocycles. The molecule has 0 saturated heterocycles. The molecular weight excluding hydrogens is 400 g/mol. The molecule has 7 heteroatoms. The summed E-state index contributed by atoms with van der Waals surface area (Å²) in [6.07, 6.45) is 0.203. The molecule has 0 aliphatic carbocycles. The third-order valence-corrected chi connectivity index (χ3v) is 5.29.